The van der Waals surface area contributed by atoms with Gasteiger partial charge in [-0.1, -0.05) is 23.7 Å². The van der Waals surface area contributed by atoms with Crippen molar-refractivity contribution in [1.29, 1.82) is 0 Å². The molecule has 0 saturated carbocycles. The Balaban J connectivity index is 0.00000150. The van der Waals surface area contributed by atoms with Gasteiger partial charge in [0.15, 0.2) is 0 Å². The summed E-state index contributed by atoms with van der Waals surface area (Å²) in [6.45, 7) is 4.23. The van der Waals surface area contributed by atoms with Crippen LogP contribution >= 0.6 is 36.4 Å². The van der Waals surface area contributed by atoms with E-state index in [0.717, 1.165) is 65.3 Å². The second-order valence-electron chi connectivity index (χ2n) is 6.68. The highest BCUT2D eigenvalue weighted by molar-refractivity contribution is 6.33. The Hall–Kier alpha value is -1.76. The van der Waals surface area contributed by atoms with Gasteiger partial charge in [-0.25, -0.2) is 4.98 Å². The van der Waals surface area contributed by atoms with Crippen molar-refractivity contribution in [3.8, 4) is 16.9 Å². The number of rotatable bonds is 4. The molecule has 8 heteroatoms. The molecule has 0 amide bonds. The van der Waals surface area contributed by atoms with E-state index in [4.69, 9.17) is 27.1 Å². The number of piperazine rings is 1. The first-order valence-electron chi connectivity index (χ1n) is 9.13. The zero-order valence-corrected chi connectivity index (χ0v) is 18.5. The van der Waals surface area contributed by atoms with Gasteiger partial charge in [0, 0.05) is 43.7 Å². The van der Waals surface area contributed by atoms with Crippen molar-refractivity contribution in [3.63, 3.8) is 0 Å². The molecule has 3 N–H and O–H groups in total. The molecule has 2 heterocycles. The average molecular weight is 456 g/mol. The van der Waals surface area contributed by atoms with E-state index in [1.165, 1.54) is 0 Å². The lowest BCUT2D eigenvalue weighted by Gasteiger charge is -2.29. The minimum Gasteiger partial charge on any atom is -0.496 e. The summed E-state index contributed by atoms with van der Waals surface area (Å²) in [6.07, 6.45) is 0. The normalized spacial score (nSPS) is 13.6. The SMILES string of the molecule is COc1ccc(CN)cc1-c1ccc2nc(N3CCNCC3)c(Cl)cc2c1.Cl.Cl. The Morgan fingerprint density at radius 2 is 1.86 bits per heavy atom. The Labute approximate surface area is 188 Å². The fourth-order valence-electron chi connectivity index (χ4n) is 3.51. The van der Waals surface area contributed by atoms with E-state index >= 15 is 0 Å². The van der Waals surface area contributed by atoms with Crippen LogP contribution in [0, 0.1) is 0 Å². The number of benzene rings is 2. The zero-order valence-electron chi connectivity index (χ0n) is 16.2. The summed E-state index contributed by atoms with van der Waals surface area (Å²) in [5.74, 6) is 1.68. The molecule has 2 aromatic carbocycles. The number of ether oxygens (including phenoxy) is 1. The Kier molecular flexibility index (Phi) is 8.37. The summed E-state index contributed by atoms with van der Waals surface area (Å²) in [6, 6.07) is 14.2. The molecule has 156 valence electrons. The van der Waals surface area contributed by atoms with E-state index in [1.807, 2.05) is 24.3 Å². The molecule has 3 aromatic rings. The molecule has 29 heavy (non-hydrogen) atoms. The summed E-state index contributed by atoms with van der Waals surface area (Å²) in [4.78, 5) is 7.06. The number of pyridine rings is 1. The Morgan fingerprint density at radius 3 is 2.55 bits per heavy atom. The molecule has 5 nitrogen and oxygen atoms in total. The Morgan fingerprint density at radius 1 is 1.10 bits per heavy atom. The van der Waals surface area contributed by atoms with Crippen LogP contribution in [0.3, 0.4) is 0 Å². The van der Waals surface area contributed by atoms with Crippen LogP contribution in [-0.2, 0) is 6.54 Å². The second kappa shape index (κ2) is 10.3. The van der Waals surface area contributed by atoms with Crippen LogP contribution in [0.25, 0.3) is 22.0 Å². The van der Waals surface area contributed by atoms with E-state index < -0.39 is 0 Å². The first-order chi connectivity index (χ1) is 13.2. The van der Waals surface area contributed by atoms with E-state index in [-0.39, 0.29) is 24.8 Å². The summed E-state index contributed by atoms with van der Waals surface area (Å²) in [5.41, 5.74) is 9.89. The number of hydrogen-bond acceptors (Lipinski definition) is 5. The van der Waals surface area contributed by atoms with Crippen molar-refractivity contribution in [2.45, 2.75) is 6.54 Å². The van der Waals surface area contributed by atoms with Crippen LogP contribution in [0.1, 0.15) is 5.56 Å². The molecule has 0 spiro atoms. The summed E-state index contributed by atoms with van der Waals surface area (Å²) < 4.78 is 5.54. The van der Waals surface area contributed by atoms with E-state index in [1.54, 1.807) is 7.11 Å². The van der Waals surface area contributed by atoms with Crippen molar-refractivity contribution in [2.24, 2.45) is 5.73 Å². The number of anilines is 1. The topological polar surface area (TPSA) is 63.4 Å². The van der Waals surface area contributed by atoms with Gasteiger partial charge in [0.25, 0.3) is 0 Å². The van der Waals surface area contributed by atoms with Crippen LogP contribution < -0.4 is 20.7 Å². The molecule has 0 aliphatic carbocycles. The van der Waals surface area contributed by atoms with E-state index in [9.17, 15) is 0 Å². The van der Waals surface area contributed by atoms with Crippen molar-refractivity contribution in [1.82, 2.24) is 10.3 Å². The van der Waals surface area contributed by atoms with Gasteiger partial charge in [-0.15, -0.1) is 24.8 Å². The van der Waals surface area contributed by atoms with Gasteiger partial charge >= 0.3 is 0 Å². The number of nitrogens with two attached hydrogens (primary N) is 1. The number of nitrogens with one attached hydrogen (secondary N) is 1. The number of methoxy groups -OCH3 is 1. The maximum atomic E-state index is 6.58. The zero-order chi connectivity index (χ0) is 18.8. The van der Waals surface area contributed by atoms with Gasteiger partial charge in [0.2, 0.25) is 0 Å². The predicted molar refractivity (Wildman–Crippen MR) is 126 cm³/mol. The molecule has 1 aliphatic heterocycles. The Bertz CT molecular complexity index is 978. The first kappa shape index (κ1) is 23.5. The minimum atomic E-state index is 0. The molecule has 1 fully saturated rings. The molecule has 1 saturated heterocycles. The molecule has 0 atom stereocenters. The maximum Gasteiger partial charge on any atom is 0.148 e. The van der Waals surface area contributed by atoms with Crippen molar-refractivity contribution >= 4 is 53.1 Å². The number of fused-ring (bicyclic) bond motifs is 1. The van der Waals surface area contributed by atoms with Gasteiger partial charge in [0.05, 0.1) is 17.6 Å². The third-order valence-corrected chi connectivity index (χ3v) is 5.25. The highest BCUT2D eigenvalue weighted by Gasteiger charge is 2.16. The quantitative estimate of drug-likeness (QED) is 0.615. The largest absolute Gasteiger partial charge is 0.496 e. The maximum absolute atomic E-state index is 6.58. The number of aromatic nitrogens is 1. The van der Waals surface area contributed by atoms with Crippen LogP contribution in [0.4, 0.5) is 5.82 Å². The summed E-state index contributed by atoms with van der Waals surface area (Å²) in [7, 11) is 1.68. The molecule has 1 aromatic heterocycles. The molecular formula is C21H25Cl3N4O. The van der Waals surface area contributed by atoms with Gasteiger partial charge in [0.1, 0.15) is 11.6 Å². The van der Waals surface area contributed by atoms with Crippen LogP contribution in [0.5, 0.6) is 5.75 Å². The molecule has 0 unspecified atom stereocenters. The second-order valence-corrected chi connectivity index (χ2v) is 7.08. The van der Waals surface area contributed by atoms with Crippen molar-refractivity contribution < 1.29 is 4.74 Å². The predicted octanol–water partition coefficient (Wildman–Crippen LogP) is 4.28. The van der Waals surface area contributed by atoms with E-state index in [0.29, 0.717) is 11.6 Å². The number of nitrogens with zero attached hydrogens (tertiary/aromatic N) is 2. The lowest BCUT2D eigenvalue weighted by molar-refractivity contribution is 0.416. The standard InChI is InChI=1S/C21H23ClN4O.2ClH/c1-27-20-5-2-14(13-23)10-17(20)15-3-4-19-16(11-15)12-18(22)21(25-19)26-8-6-24-7-9-26;;/h2-5,10-12,24H,6-9,13,23H2,1H3;2*1H. The van der Waals surface area contributed by atoms with Crippen molar-refractivity contribution in [3.05, 3.63) is 53.1 Å². The number of halogens is 3. The molecule has 1 aliphatic rings. The summed E-state index contributed by atoms with van der Waals surface area (Å²) >= 11 is 6.58. The third-order valence-electron chi connectivity index (χ3n) is 4.98. The third kappa shape index (κ3) is 4.87. The summed E-state index contributed by atoms with van der Waals surface area (Å²) in [5, 5.41) is 5.05. The van der Waals surface area contributed by atoms with Gasteiger partial charge in [-0.2, -0.15) is 0 Å². The van der Waals surface area contributed by atoms with E-state index in [2.05, 4.69) is 28.4 Å². The van der Waals surface area contributed by atoms with Gasteiger partial charge < -0.3 is 20.7 Å². The molecule has 0 bridgehead atoms. The van der Waals surface area contributed by atoms with Gasteiger partial charge in [-0.3, -0.25) is 0 Å². The monoisotopic (exact) mass is 454 g/mol. The molecular weight excluding hydrogens is 431 g/mol. The smallest absolute Gasteiger partial charge is 0.148 e. The number of hydrogen-bond donors (Lipinski definition) is 2. The highest BCUT2D eigenvalue weighted by atomic mass is 35.5. The lowest BCUT2D eigenvalue weighted by atomic mass is 10.00. The lowest BCUT2D eigenvalue weighted by Crippen LogP contribution is -2.44. The first-order valence-corrected chi connectivity index (χ1v) is 9.50. The van der Waals surface area contributed by atoms with Crippen LogP contribution in [0.2, 0.25) is 5.02 Å². The average Bonchev–Trinajstić information content (AvgIpc) is 2.73. The fraction of sp³-hybridized carbons (Fsp3) is 0.286. The van der Waals surface area contributed by atoms with Crippen LogP contribution in [0.15, 0.2) is 42.5 Å². The van der Waals surface area contributed by atoms with Gasteiger partial charge in [-0.05, 0) is 41.5 Å². The van der Waals surface area contributed by atoms with Crippen LogP contribution in [-0.4, -0.2) is 38.3 Å². The highest BCUT2D eigenvalue weighted by Crippen LogP contribution is 2.34. The molecule has 0 radical (unpaired) electrons. The van der Waals surface area contributed by atoms with Crippen molar-refractivity contribution in [2.75, 3.05) is 38.2 Å². The minimum absolute atomic E-state index is 0. The fourth-order valence-corrected chi connectivity index (χ4v) is 3.79. The molecule has 4 rings (SSSR count).